The summed E-state index contributed by atoms with van der Waals surface area (Å²) in [5, 5.41) is 11.3. The Morgan fingerprint density at radius 1 is 1.31 bits per heavy atom. The Morgan fingerprint density at radius 2 is 2.16 bits per heavy atom. The summed E-state index contributed by atoms with van der Waals surface area (Å²) in [6.45, 7) is 1.76. The summed E-state index contributed by atoms with van der Waals surface area (Å²) in [5.41, 5.74) is 3.56. The third kappa shape index (κ3) is 4.56. The zero-order valence-electron chi connectivity index (χ0n) is 18.2. The first-order valence-corrected chi connectivity index (χ1v) is 11.0. The summed E-state index contributed by atoms with van der Waals surface area (Å²) >= 11 is 6.25. The number of aromatic hydroxyl groups is 1. The molecule has 1 amide bonds. The van der Waals surface area contributed by atoms with Gasteiger partial charge >= 0.3 is 0 Å². The normalized spacial score (nSPS) is 15.6. The molecule has 0 saturated heterocycles. The quantitative estimate of drug-likeness (QED) is 0.429. The molecule has 0 spiro atoms. The second kappa shape index (κ2) is 9.59. The van der Waals surface area contributed by atoms with Gasteiger partial charge in [0.25, 0.3) is 5.91 Å². The van der Waals surface area contributed by atoms with E-state index in [9.17, 15) is 9.90 Å². The van der Waals surface area contributed by atoms with Gasteiger partial charge in [-0.15, -0.1) is 11.6 Å². The van der Waals surface area contributed by atoms with Gasteiger partial charge in [0.05, 0.1) is 5.52 Å². The number of halogens is 1. The molecule has 0 bridgehead atoms. The number of hydrogen-bond acceptors (Lipinski definition) is 5. The lowest BCUT2D eigenvalue weighted by Crippen LogP contribution is -2.28. The van der Waals surface area contributed by atoms with E-state index >= 15 is 0 Å². The minimum atomic E-state index is -0.132. The van der Waals surface area contributed by atoms with Crippen molar-refractivity contribution in [1.82, 2.24) is 9.88 Å². The van der Waals surface area contributed by atoms with Gasteiger partial charge in [0, 0.05) is 48.2 Å². The first kappa shape index (κ1) is 22.1. The van der Waals surface area contributed by atoms with Crippen molar-refractivity contribution in [2.45, 2.75) is 5.92 Å². The van der Waals surface area contributed by atoms with Gasteiger partial charge in [0.1, 0.15) is 6.61 Å². The van der Waals surface area contributed by atoms with E-state index in [1.807, 2.05) is 49.3 Å². The number of fused-ring (bicyclic) bond motifs is 3. The van der Waals surface area contributed by atoms with Gasteiger partial charge in [-0.1, -0.05) is 12.1 Å². The molecule has 2 heterocycles. The highest BCUT2D eigenvalue weighted by Gasteiger charge is 2.32. The fourth-order valence-corrected chi connectivity index (χ4v) is 4.18. The van der Waals surface area contributed by atoms with Gasteiger partial charge in [-0.3, -0.25) is 9.78 Å². The molecule has 6 nitrogen and oxygen atoms in total. The van der Waals surface area contributed by atoms with Gasteiger partial charge < -0.3 is 19.6 Å². The van der Waals surface area contributed by atoms with Crippen molar-refractivity contribution in [3.8, 4) is 11.5 Å². The van der Waals surface area contributed by atoms with Gasteiger partial charge in [0.2, 0.25) is 0 Å². The number of likely N-dealkylation sites (N-methyl/N-ethyl adjacent to an activating group) is 1. The van der Waals surface area contributed by atoms with Crippen LogP contribution >= 0.6 is 11.6 Å². The average molecular weight is 452 g/mol. The minimum Gasteiger partial charge on any atom is -0.504 e. The SMILES string of the molecule is CN(C)CCOc1ccc(/C=C/C(=O)N2CC(CCl)c3c2ccc2ncccc32)cc1O. The van der Waals surface area contributed by atoms with Crippen LogP contribution in [0.4, 0.5) is 5.69 Å². The zero-order chi connectivity index (χ0) is 22.7. The molecule has 0 aliphatic carbocycles. The number of pyridine rings is 1. The maximum Gasteiger partial charge on any atom is 0.251 e. The van der Waals surface area contributed by atoms with Crippen molar-refractivity contribution < 1.29 is 14.6 Å². The molecular weight excluding hydrogens is 426 g/mol. The number of benzene rings is 2. The molecule has 0 radical (unpaired) electrons. The van der Waals surface area contributed by atoms with Crippen LogP contribution in [-0.2, 0) is 4.79 Å². The Hall–Kier alpha value is -3.09. The summed E-state index contributed by atoms with van der Waals surface area (Å²) in [5.74, 6) is 0.824. The molecule has 1 unspecified atom stereocenters. The van der Waals surface area contributed by atoms with Crippen molar-refractivity contribution in [2.24, 2.45) is 0 Å². The Morgan fingerprint density at radius 3 is 2.91 bits per heavy atom. The number of phenolic OH excluding ortho intramolecular Hbond substituents is 1. The predicted octanol–water partition coefficient (Wildman–Crippen LogP) is 4.26. The number of alkyl halides is 1. The standard InChI is InChI=1S/C25H26ClN3O3/c1-28(2)12-13-32-23-9-5-17(14-22(23)30)6-10-24(31)29-16-18(15-26)25-19-4-3-11-27-20(19)7-8-21(25)29/h3-11,14,18,30H,12-13,15-16H2,1-2H3/b10-6+. The van der Waals surface area contributed by atoms with E-state index in [2.05, 4.69) is 4.98 Å². The van der Waals surface area contributed by atoms with E-state index in [1.165, 1.54) is 6.08 Å². The van der Waals surface area contributed by atoms with Crippen LogP contribution in [0.3, 0.4) is 0 Å². The third-order valence-electron chi connectivity index (χ3n) is 5.56. The first-order valence-electron chi connectivity index (χ1n) is 10.5. The summed E-state index contributed by atoms with van der Waals surface area (Å²) in [6, 6.07) is 12.9. The van der Waals surface area contributed by atoms with Crippen LogP contribution in [0.1, 0.15) is 17.0 Å². The summed E-state index contributed by atoms with van der Waals surface area (Å²) < 4.78 is 5.60. The highest BCUT2D eigenvalue weighted by Crippen LogP contribution is 2.41. The largest absolute Gasteiger partial charge is 0.504 e. The van der Waals surface area contributed by atoms with Crippen molar-refractivity contribution in [2.75, 3.05) is 44.6 Å². The van der Waals surface area contributed by atoms with E-state index in [0.717, 1.165) is 28.7 Å². The zero-order valence-corrected chi connectivity index (χ0v) is 18.9. The van der Waals surface area contributed by atoms with Gasteiger partial charge in [-0.05, 0) is 61.6 Å². The Bertz CT molecular complexity index is 1160. The molecule has 1 atom stereocenters. The predicted molar refractivity (Wildman–Crippen MR) is 129 cm³/mol. The van der Waals surface area contributed by atoms with Crippen molar-refractivity contribution in [3.05, 3.63) is 65.9 Å². The number of ether oxygens (including phenoxy) is 1. The van der Waals surface area contributed by atoms with Crippen molar-refractivity contribution in [1.29, 1.82) is 0 Å². The topological polar surface area (TPSA) is 65.9 Å². The molecule has 166 valence electrons. The molecule has 1 N–H and O–H groups in total. The lowest BCUT2D eigenvalue weighted by Gasteiger charge is -2.15. The van der Waals surface area contributed by atoms with Crippen LogP contribution in [0.15, 0.2) is 54.7 Å². The first-order chi connectivity index (χ1) is 15.5. The number of rotatable bonds is 7. The number of carbonyl (C=O) groups is 1. The number of anilines is 1. The molecule has 1 aliphatic heterocycles. The van der Waals surface area contributed by atoms with Crippen LogP contribution < -0.4 is 9.64 Å². The van der Waals surface area contributed by atoms with Gasteiger partial charge in [-0.2, -0.15) is 0 Å². The van der Waals surface area contributed by atoms with Crippen molar-refractivity contribution in [3.63, 3.8) is 0 Å². The number of aromatic nitrogens is 1. The fraction of sp³-hybridized carbons (Fsp3) is 0.280. The van der Waals surface area contributed by atoms with E-state index in [4.69, 9.17) is 16.3 Å². The molecule has 1 aliphatic rings. The lowest BCUT2D eigenvalue weighted by molar-refractivity contribution is -0.114. The number of phenols is 1. The fourth-order valence-electron chi connectivity index (χ4n) is 3.93. The van der Waals surface area contributed by atoms with E-state index in [1.54, 1.807) is 29.3 Å². The molecular formula is C25H26ClN3O3. The molecule has 1 aromatic heterocycles. The van der Waals surface area contributed by atoms with Crippen LogP contribution in [0.2, 0.25) is 0 Å². The molecule has 0 saturated carbocycles. The highest BCUT2D eigenvalue weighted by atomic mass is 35.5. The van der Waals surface area contributed by atoms with Crippen LogP contribution in [0, 0.1) is 0 Å². The van der Waals surface area contributed by atoms with Gasteiger partial charge in [0.15, 0.2) is 11.5 Å². The Kier molecular flexibility index (Phi) is 6.63. The van der Waals surface area contributed by atoms with Crippen LogP contribution in [0.5, 0.6) is 11.5 Å². The number of carbonyl (C=O) groups excluding carboxylic acids is 1. The van der Waals surface area contributed by atoms with Crippen LogP contribution in [0.25, 0.3) is 17.0 Å². The van der Waals surface area contributed by atoms with Crippen molar-refractivity contribution >= 4 is 40.2 Å². The smallest absolute Gasteiger partial charge is 0.251 e. The van der Waals surface area contributed by atoms with E-state index in [0.29, 0.717) is 30.3 Å². The summed E-state index contributed by atoms with van der Waals surface area (Å²) in [6.07, 6.45) is 4.98. The van der Waals surface area contributed by atoms with E-state index < -0.39 is 0 Å². The molecule has 2 aromatic carbocycles. The third-order valence-corrected chi connectivity index (χ3v) is 5.93. The molecule has 3 aromatic rings. The minimum absolute atomic E-state index is 0.0473. The maximum absolute atomic E-state index is 13.0. The number of hydrogen-bond donors (Lipinski definition) is 1. The average Bonchev–Trinajstić information content (AvgIpc) is 3.18. The Labute approximate surface area is 192 Å². The molecule has 32 heavy (non-hydrogen) atoms. The number of nitrogens with zero attached hydrogens (tertiary/aromatic N) is 3. The summed E-state index contributed by atoms with van der Waals surface area (Å²) in [7, 11) is 3.92. The molecule has 7 heteroatoms. The second-order valence-corrected chi connectivity index (χ2v) is 8.39. The highest BCUT2D eigenvalue weighted by molar-refractivity contribution is 6.19. The maximum atomic E-state index is 13.0. The number of amides is 1. The van der Waals surface area contributed by atoms with Gasteiger partial charge in [-0.25, -0.2) is 0 Å². The summed E-state index contributed by atoms with van der Waals surface area (Å²) in [4.78, 5) is 21.2. The monoisotopic (exact) mass is 451 g/mol. The lowest BCUT2D eigenvalue weighted by atomic mass is 9.98. The Balaban J connectivity index is 1.51. The molecule has 0 fully saturated rings. The van der Waals surface area contributed by atoms with Crippen LogP contribution in [-0.4, -0.2) is 60.6 Å². The second-order valence-electron chi connectivity index (χ2n) is 8.08. The molecule has 4 rings (SSSR count). The van der Waals surface area contributed by atoms with E-state index in [-0.39, 0.29) is 17.6 Å².